The van der Waals surface area contributed by atoms with E-state index in [1.807, 2.05) is 25.1 Å². The van der Waals surface area contributed by atoms with E-state index in [4.69, 9.17) is 11.6 Å². The second-order valence-electron chi connectivity index (χ2n) is 5.55. The van der Waals surface area contributed by atoms with E-state index < -0.39 is 0 Å². The maximum absolute atomic E-state index is 6.12. The molecule has 1 saturated heterocycles. The molecule has 3 rings (SSSR count). The maximum Gasteiger partial charge on any atom is 0.228 e. The molecule has 2 aromatic rings. The number of hydrogen-bond acceptors (Lipinski definition) is 5. The summed E-state index contributed by atoms with van der Waals surface area (Å²) in [5.74, 6) is 1.55. The lowest BCUT2D eigenvalue weighted by molar-refractivity contribution is 0.640. The summed E-state index contributed by atoms with van der Waals surface area (Å²) >= 11 is 6.12. The van der Waals surface area contributed by atoms with E-state index >= 15 is 0 Å². The quantitative estimate of drug-likeness (QED) is 0.813. The highest BCUT2D eigenvalue weighted by atomic mass is 35.5. The molecular formula is C16H20ClN5. The van der Waals surface area contributed by atoms with E-state index in [0.29, 0.717) is 11.1 Å². The Kier molecular flexibility index (Phi) is 4.34. The Morgan fingerprint density at radius 1 is 0.955 bits per heavy atom. The van der Waals surface area contributed by atoms with Crippen LogP contribution in [0.1, 0.15) is 0 Å². The van der Waals surface area contributed by atoms with E-state index in [1.54, 1.807) is 6.07 Å². The first-order valence-corrected chi connectivity index (χ1v) is 7.78. The number of halogens is 1. The molecule has 0 saturated carbocycles. The van der Waals surface area contributed by atoms with Crippen molar-refractivity contribution in [1.29, 1.82) is 0 Å². The number of benzene rings is 1. The fourth-order valence-corrected chi connectivity index (χ4v) is 2.74. The van der Waals surface area contributed by atoms with E-state index in [2.05, 4.69) is 44.0 Å². The van der Waals surface area contributed by atoms with E-state index in [-0.39, 0.29) is 0 Å². The lowest BCUT2D eigenvalue weighted by Crippen LogP contribution is -2.47. The summed E-state index contributed by atoms with van der Waals surface area (Å²) in [6, 6.07) is 12.3. The molecule has 1 aliphatic heterocycles. The number of hydrogen-bond donors (Lipinski definition) is 0. The number of para-hydroxylation sites is 1. The van der Waals surface area contributed by atoms with E-state index in [1.165, 1.54) is 5.69 Å². The third-order valence-electron chi connectivity index (χ3n) is 3.81. The Labute approximate surface area is 136 Å². The third-order valence-corrected chi connectivity index (χ3v) is 4.01. The topological polar surface area (TPSA) is 35.5 Å². The van der Waals surface area contributed by atoms with Crippen LogP contribution in [0.4, 0.5) is 17.5 Å². The summed E-state index contributed by atoms with van der Waals surface area (Å²) in [6.45, 7) is 3.69. The molecule has 0 radical (unpaired) electrons. The number of aromatic nitrogens is 2. The first kappa shape index (κ1) is 14.9. The number of anilines is 3. The molecule has 1 aromatic carbocycles. The monoisotopic (exact) mass is 317 g/mol. The van der Waals surface area contributed by atoms with Crippen LogP contribution in [0.3, 0.4) is 0 Å². The summed E-state index contributed by atoms with van der Waals surface area (Å²) in [5.41, 5.74) is 1.27. The highest BCUT2D eigenvalue weighted by Crippen LogP contribution is 2.22. The predicted octanol–water partition coefficient (Wildman–Crippen LogP) is 2.52. The molecule has 2 heterocycles. The molecule has 116 valence electrons. The highest BCUT2D eigenvalue weighted by Gasteiger charge is 2.20. The summed E-state index contributed by atoms with van der Waals surface area (Å²) in [7, 11) is 3.91. The summed E-state index contributed by atoms with van der Waals surface area (Å²) in [4.78, 5) is 15.5. The summed E-state index contributed by atoms with van der Waals surface area (Å²) in [6.07, 6.45) is 0. The molecule has 5 nitrogen and oxygen atoms in total. The molecule has 1 aromatic heterocycles. The molecule has 6 heteroatoms. The minimum Gasteiger partial charge on any atom is -0.368 e. The molecular weight excluding hydrogens is 298 g/mol. The molecule has 1 fully saturated rings. The van der Waals surface area contributed by atoms with Gasteiger partial charge in [0.2, 0.25) is 5.95 Å². The fraction of sp³-hybridized carbons (Fsp3) is 0.375. The van der Waals surface area contributed by atoms with Gasteiger partial charge in [0.1, 0.15) is 11.0 Å². The van der Waals surface area contributed by atoms with Gasteiger partial charge in [0.05, 0.1) is 0 Å². The first-order chi connectivity index (χ1) is 10.6. The van der Waals surface area contributed by atoms with Crippen molar-refractivity contribution in [3.8, 4) is 0 Å². The van der Waals surface area contributed by atoms with Crippen LogP contribution in [0.15, 0.2) is 36.4 Å². The van der Waals surface area contributed by atoms with Crippen LogP contribution in [0, 0.1) is 0 Å². The average Bonchev–Trinajstić information content (AvgIpc) is 2.55. The van der Waals surface area contributed by atoms with Crippen LogP contribution in [-0.4, -0.2) is 50.2 Å². The molecule has 0 amide bonds. The Bertz CT molecular complexity index is 624. The second-order valence-corrected chi connectivity index (χ2v) is 5.94. The molecule has 0 unspecified atom stereocenters. The number of piperazine rings is 1. The van der Waals surface area contributed by atoms with Gasteiger partial charge in [-0.15, -0.1) is 0 Å². The number of nitrogens with zero attached hydrogens (tertiary/aromatic N) is 5. The normalized spacial score (nSPS) is 15.0. The second kappa shape index (κ2) is 6.40. The van der Waals surface area contributed by atoms with Crippen molar-refractivity contribution < 1.29 is 0 Å². The van der Waals surface area contributed by atoms with Crippen LogP contribution in [0.5, 0.6) is 0 Å². The van der Waals surface area contributed by atoms with Crippen LogP contribution in [0.25, 0.3) is 0 Å². The van der Waals surface area contributed by atoms with Gasteiger partial charge in [0, 0.05) is 52.0 Å². The first-order valence-electron chi connectivity index (χ1n) is 7.40. The van der Waals surface area contributed by atoms with Gasteiger partial charge in [0.25, 0.3) is 0 Å². The molecule has 0 atom stereocenters. The summed E-state index contributed by atoms with van der Waals surface area (Å²) in [5, 5.41) is 0.485. The van der Waals surface area contributed by atoms with Crippen molar-refractivity contribution in [3.05, 3.63) is 41.6 Å². The van der Waals surface area contributed by atoms with Gasteiger partial charge in [-0.1, -0.05) is 29.8 Å². The number of rotatable bonds is 3. The lowest BCUT2D eigenvalue weighted by atomic mass is 10.2. The van der Waals surface area contributed by atoms with E-state index in [0.717, 1.165) is 32.0 Å². The van der Waals surface area contributed by atoms with Gasteiger partial charge in [-0.2, -0.15) is 4.98 Å². The third kappa shape index (κ3) is 3.25. The van der Waals surface area contributed by atoms with Crippen molar-refractivity contribution >= 4 is 29.1 Å². The zero-order valence-electron chi connectivity index (χ0n) is 12.9. The standard InChI is InChI=1S/C16H20ClN5/c1-20(2)15-12-14(17)18-16(19-15)22-10-8-21(9-11-22)13-6-4-3-5-7-13/h3-7,12H,8-11H2,1-2H3. The van der Waals surface area contributed by atoms with Gasteiger partial charge < -0.3 is 14.7 Å². The minimum atomic E-state index is 0.485. The smallest absolute Gasteiger partial charge is 0.228 e. The van der Waals surface area contributed by atoms with Gasteiger partial charge >= 0.3 is 0 Å². The largest absolute Gasteiger partial charge is 0.368 e. The van der Waals surface area contributed by atoms with Crippen molar-refractivity contribution in [2.45, 2.75) is 0 Å². The minimum absolute atomic E-state index is 0.485. The van der Waals surface area contributed by atoms with Gasteiger partial charge in [-0.25, -0.2) is 4.98 Å². The highest BCUT2D eigenvalue weighted by molar-refractivity contribution is 6.29. The molecule has 0 aliphatic carbocycles. The van der Waals surface area contributed by atoms with Crippen LogP contribution < -0.4 is 14.7 Å². The Morgan fingerprint density at radius 3 is 2.23 bits per heavy atom. The Hall–Kier alpha value is -2.01. The van der Waals surface area contributed by atoms with Gasteiger partial charge in [0.15, 0.2) is 0 Å². The van der Waals surface area contributed by atoms with Crippen LogP contribution in [0.2, 0.25) is 5.15 Å². The molecule has 0 spiro atoms. The van der Waals surface area contributed by atoms with Crippen molar-refractivity contribution in [3.63, 3.8) is 0 Å². The van der Waals surface area contributed by atoms with Crippen LogP contribution in [-0.2, 0) is 0 Å². The van der Waals surface area contributed by atoms with Gasteiger partial charge in [-0.05, 0) is 12.1 Å². The lowest BCUT2D eigenvalue weighted by Gasteiger charge is -2.36. The molecule has 22 heavy (non-hydrogen) atoms. The fourth-order valence-electron chi connectivity index (χ4n) is 2.57. The summed E-state index contributed by atoms with van der Waals surface area (Å²) < 4.78 is 0. The van der Waals surface area contributed by atoms with Gasteiger partial charge in [-0.3, -0.25) is 0 Å². The Morgan fingerprint density at radius 2 is 1.59 bits per heavy atom. The predicted molar refractivity (Wildman–Crippen MR) is 92.2 cm³/mol. The van der Waals surface area contributed by atoms with E-state index in [9.17, 15) is 0 Å². The zero-order chi connectivity index (χ0) is 15.5. The zero-order valence-corrected chi connectivity index (χ0v) is 13.7. The Balaban J connectivity index is 1.71. The average molecular weight is 318 g/mol. The van der Waals surface area contributed by atoms with Crippen molar-refractivity contribution in [2.75, 3.05) is 55.0 Å². The van der Waals surface area contributed by atoms with Crippen molar-refractivity contribution in [1.82, 2.24) is 9.97 Å². The van der Waals surface area contributed by atoms with Crippen molar-refractivity contribution in [2.24, 2.45) is 0 Å². The van der Waals surface area contributed by atoms with Crippen LogP contribution >= 0.6 is 11.6 Å². The molecule has 0 N–H and O–H groups in total. The molecule has 0 bridgehead atoms. The maximum atomic E-state index is 6.12. The SMILES string of the molecule is CN(C)c1cc(Cl)nc(N2CCN(c3ccccc3)CC2)n1. The molecule has 1 aliphatic rings.